The van der Waals surface area contributed by atoms with Gasteiger partial charge in [0.1, 0.15) is 11.5 Å². The van der Waals surface area contributed by atoms with E-state index < -0.39 is 23.2 Å². The Morgan fingerprint density at radius 1 is 1.23 bits per heavy atom. The predicted octanol–water partition coefficient (Wildman–Crippen LogP) is 2.92. The zero-order chi connectivity index (χ0) is 21.3. The molecule has 7 nitrogen and oxygen atoms in total. The first-order valence-corrected chi connectivity index (χ1v) is 10.1. The molecule has 1 amide bonds. The molecule has 1 fully saturated rings. The van der Waals surface area contributed by atoms with Crippen LogP contribution in [0.15, 0.2) is 42.5 Å². The second kappa shape index (κ2) is 7.99. The lowest BCUT2D eigenvalue weighted by molar-refractivity contribution is -0.152. The molecule has 158 valence electrons. The highest BCUT2D eigenvalue weighted by Crippen LogP contribution is 2.56. The highest BCUT2D eigenvalue weighted by Gasteiger charge is 2.64. The molecule has 0 radical (unpaired) electrons. The largest absolute Gasteiger partial charge is 0.508 e. The number of benzene rings is 2. The van der Waals surface area contributed by atoms with Gasteiger partial charge in [-0.2, -0.15) is 0 Å². The number of carbonyl (C=O) groups excluding carboxylic acids is 2. The third kappa shape index (κ3) is 3.50. The lowest BCUT2D eigenvalue weighted by atomic mass is 9.84. The van der Waals surface area contributed by atoms with Crippen molar-refractivity contribution in [3.63, 3.8) is 0 Å². The number of hydrogen-bond acceptors (Lipinski definition) is 6. The summed E-state index contributed by atoms with van der Waals surface area (Å²) in [6.45, 7) is 2.49. The smallest absolute Gasteiger partial charge is 0.313 e. The second-order valence-electron chi connectivity index (χ2n) is 7.91. The molecular formula is C23H25NO6. The summed E-state index contributed by atoms with van der Waals surface area (Å²) in [5.74, 6) is -0.689. The van der Waals surface area contributed by atoms with Gasteiger partial charge in [0.25, 0.3) is 0 Å². The van der Waals surface area contributed by atoms with Crippen LogP contribution >= 0.6 is 0 Å². The molecule has 1 heterocycles. The lowest BCUT2D eigenvalue weighted by Crippen LogP contribution is -2.30. The molecule has 0 saturated heterocycles. The monoisotopic (exact) mass is 411 g/mol. The van der Waals surface area contributed by atoms with Crippen LogP contribution in [-0.4, -0.2) is 35.4 Å². The Balaban J connectivity index is 1.65. The second-order valence-corrected chi connectivity index (χ2v) is 7.91. The number of hydroxylamine groups is 1. The zero-order valence-electron chi connectivity index (χ0n) is 16.8. The van der Waals surface area contributed by atoms with E-state index in [1.807, 2.05) is 30.3 Å². The zero-order valence-corrected chi connectivity index (χ0v) is 16.8. The van der Waals surface area contributed by atoms with Crippen molar-refractivity contribution in [3.05, 3.63) is 59.2 Å². The van der Waals surface area contributed by atoms with Crippen molar-refractivity contribution in [2.45, 2.75) is 32.1 Å². The van der Waals surface area contributed by atoms with Crippen LogP contribution in [0.1, 0.15) is 42.4 Å². The maximum Gasteiger partial charge on any atom is 0.313 e. The van der Waals surface area contributed by atoms with E-state index in [-0.39, 0.29) is 18.3 Å². The number of phenolic OH excluding ortho intramolecular Hbond substituents is 1. The lowest BCUT2D eigenvalue weighted by Gasteiger charge is -2.27. The number of carbonyl (C=O) groups is 2. The number of phenols is 1. The molecule has 0 bridgehead atoms. The summed E-state index contributed by atoms with van der Waals surface area (Å²) < 4.78 is 11.0. The maximum atomic E-state index is 12.6. The molecule has 1 unspecified atom stereocenters. The van der Waals surface area contributed by atoms with Gasteiger partial charge in [-0.3, -0.25) is 14.8 Å². The minimum atomic E-state index is -0.995. The molecule has 1 aliphatic carbocycles. The van der Waals surface area contributed by atoms with Gasteiger partial charge in [0, 0.05) is 17.0 Å². The van der Waals surface area contributed by atoms with Gasteiger partial charge in [-0.15, -0.1) is 0 Å². The highest BCUT2D eigenvalue weighted by atomic mass is 16.5. The molecule has 3 atom stereocenters. The van der Waals surface area contributed by atoms with Gasteiger partial charge >= 0.3 is 5.97 Å². The maximum absolute atomic E-state index is 12.6. The Bertz CT molecular complexity index is 974. The van der Waals surface area contributed by atoms with Crippen molar-refractivity contribution in [2.75, 3.05) is 13.2 Å². The highest BCUT2D eigenvalue weighted by molar-refractivity contribution is 5.93. The Kier molecular flexibility index (Phi) is 5.39. The molecule has 2 aromatic carbocycles. The van der Waals surface area contributed by atoms with Crippen LogP contribution in [0.5, 0.6) is 11.5 Å². The molecule has 1 saturated carbocycles. The van der Waals surface area contributed by atoms with Crippen molar-refractivity contribution in [3.8, 4) is 11.5 Å². The molecular weight excluding hydrogens is 386 g/mol. The Hall–Kier alpha value is -3.06. The van der Waals surface area contributed by atoms with Crippen LogP contribution < -0.4 is 10.2 Å². The first-order valence-electron chi connectivity index (χ1n) is 10.1. The van der Waals surface area contributed by atoms with Gasteiger partial charge in [0.05, 0.1) is 24.5 Å². The first-order chi connectivity index (χ1) is 14.5. The van der Waals surface area contributed by atoms with Crippen LogP contribution in [0.4, 0.5) is 0 Å². The van der Waals surface area contributed by atoms with Gasteiger partial charge < -0.3 is 14.6 Å². The van der Waals surface area contributed by atoms with Crippen molar-refractivity contribution in [1.29, 1.82) is 0 Å². The summed E-state index contributed by atoms with van der Waals surface area (Å²) in [7, 11) is 0. The number of rotatable bonds is 6. The summed E-state index contributed by atoms with van der Waals surface area (Å²) in [5.41, 5.74) is 3.26. The van der Waals surface area contributed by atoms with Gasteiger partial charge in [-0.05, 0) is 43.9 Å². The van der Waals surface area contributed by atoms with E-state index in [4.69, 9.17) is 14.7 Å². The van der Waals surface area contributed by atoms with Crippen LogP contribution in [0.25, 0.3) is 0 Å². The van der Waals surface area contributed by atoms with Crippen molar-refractivity contribution >= 4 is 11.9 Å². The van der Waals surface area contributed by atoms with E-state index in [9.17, 15) is 14.7 Å². The Morgan fingerprint density at radius 2 is 2.03 bits per heavy atom. The molecule has 1 aliphatic heterocycles. The summed E-state index contributed by atoms with van der Waals surface area (Å²) in [4.78, 5) is 24.6. The minimum absolute atomic E-state index is 0.0239. The number of hydrogen-bond donors (Lipinski definition) is 3. The van der Waals surface area contributed by atoms with Crippen molar-refractivity contribution in [1.82, 2.24) is 5.48 Å². The Morgan fingerprint density at radius 3 is 2.80 bits per heavy atom. The summed E-state index contributed by atoms with van der Waals surface area (Å²) in [5, 5.41) is 19.6. The van der Waals surface area contributed by atoms with Crippen LogP contribution in [0.3, 0.4) is 0 Å². The fourth-order valence-corrected chi connectivity index (χ4v) is 4.52. The molecule has 2 aromatic rings. The SMILES string of the molecule is CCOC(=O)[C@@]1(Cc2ccc(O)c(C3CCOc4ccccc43)c2)C[C@@H]1C(=O)NO. The summed E-state index contributed by atoms with van der Waals surface area (Å²) >= 11 is 0. The number of esters is 1. The number of aromatic hydroxyl groups is 1. The third-order valence-corrected chi connectivity index (χ3v) is 6.13. The third-order valence-electron chi connectivity index (χ3n) is 6.13. The van der Waals surface area contributed by atoms with Gasteiger partial charge in [0.15, 0.2) is 0 Å². The van der Waals surface area contributed by atoms with Crippen molar-refractivity contribution < 1.29 is 29.4 Å². The molecule has 3 N–H and O–H groups in total. The number of nitrogens with one attached hydrogen (secondary N) is 1. The first kappa shape index (κ1) is 20.2. The van der Waals surface area contributed by atoms with Crippen molar-refractivity contribution in [2.24, 2.45) is 11.3 Å². The number of fused-ring (bicyclic) bond motifs is 1. The van der Waals surface area contributed by atoms with E-state index in [1.54, 1.807) is 24.5 Å². The molecule has 0 spiro atoms. The fourth-order valence-electron chi connectivity index (χ4n) is 4.52. The molecule has 4 rings (SSSR count). The number of amides is 1. The van der Waals surface area contributed by atoms with E-state index >= 15 is 0 Å². The average Bonchev–Trinajstić information content (AvgIpc) is 3.50. The molecule has 7 heteroatoms. The van der Waals surface area contributed by atoms with Gasteiger partial charge in [-0.25, -0.2) is 5.48 Å². The average molecular weight is 411 g/mol. The van der Waals surface area contributed by atoms with E-state index in [1.165, 1.54) is 0 Å². The van der Waals surface area contributed by atoms with Gasteiger partial charge in [0.2, 0.25) is 5.91 Å². The van der Waals surface area contributed by atoms with Crippen LogP contribution in [0.2, 0.25) is 0 Å². The summed E-state index contributed by atoms with van der Waals surface area (Å²) in [6.07, 6.45) is 1.34. The van der Waals surface area contributed by atoms with Crippen LogP contribution in [0, 0.1) is 11.3 Å². The number of para-hydroxylation sites is 1. The van der Waals surface area contributed by atoms with E-state index in [0.717, 1.165) is 28.9 Å². The van der Waals surface area contributed by atoms with E-state index in [2.05, 4.69) is 0 Å². The molecule has 0 aromatic heterocycles. The standard InChI is InChI=1S/C23H25NO6/c1-2-29-22(27)23(13-18(23)21(26)24-28)12-14-7-8-19(25)17(11-14)15-9-10-30-20-6-4-3-5-16(15)20/h3-8,11,15,18,25,28H,2,9-10,12-13H2,1H3,(H,24,26)/t15?,18-,23+/m1/s1. The quantitative estimate of drug-likeness (QED) is 0.384. The van der Waals surface area contributed by atoms with E-state index in [0.29, 0.717) is 19.4 Å². The topological polar surface area (TPSA) is 105 Å². The van der Waals surface area contributed by atoms with Gasteiger partial charge in [-0.1, -0.05) is 30.3 Å². The molecule has 2 aliphatic rings. The summed E-state index contributed by atoms with van der Waals surface area (Å²) in [6, 6.07) is 13.1. The Labute approximate surface area is 174 Å². The normalized spacial score (nSPS) is 24.3. The minimum Gasteiger partial charge on any atom is -0.508 e. The number of ether oxygens (including phenoxy) is 2. The predicted molar refractivity (Wildman–Crippen MR) is 107 cm³/mol. The molecule has 30 heavy (non-hydrogen) atoms. The van der Waals surface area contributed by atoms with Crippen LogP contribution in [-0.2, 0) is 20.7 Å². The fraction of sp³-hybridized carbons (Fsp3) is 0.391.